The van der Waals surface area contributed by atoms with Crippen molar-refractivity contribution in [3.63, 3.8) is 0 Å². The maximum Gasteiger partial charge on any atom is 0.146 e. The standard InChI is InChI=1S/C15H22FNO2/c1-11(18)12-6-7-15(14(16)9-12)17(2)10-13-5-3-4-8-19-13/h6-7,9,11,13,18H,3-5,8,10H2,1-2H3/t11-,13?/m0/s1. The first-order valence-electron chi connectivity index (χ1n) is 6.88. The summed E-state index contributed by atoms with van der Waals surface area (Å²) in [5.41, 5.74) is 1.15. The van der Waals surface area contributed by atoms with E-state index in [0.717, 1.165) is 19.4 Å². The minimum absolute atomic E-state index is 0.189. The Kier molecular flexibility index (Phi) is 4.77. The first-order valence-corrected chi connectivity index (χ1v) is 6.88. The molecular weight excluding hydrogens is 245 g/mol. The zero-order valence-electron chi connectivity index (χ0n) is 11.6. The van der Waals surface area contributed by atoms with Gasteiger partial charge in [-0.25, -0.2) is 4.39 Å². The molecule has 1 saturated heterocycles. The van der Waals surface area contributed by atoms with Gasteiger partial charge in [-0.2, -0.15) is 0 Å². The van der Waals surface area contributed by atoms with Crippen LogP contribution in [0.15, 0.2) is 18.2 Å². The van der Waals surface area contributed by atoms with E-state index in [-0.39, 0.29) is 11.9 Å². The lowest BCUT2D eigenvalue weighted by molar-refractivity contribution is 0.0215. The minimum Gasteiger partial charge on any atom is -0.389 e. The zero-order valence-corrected chi connectivity index (χ0v) is 11.6. The van der Waals surface area contributed by atoms with Gasteiger partial charge in [-0.15, -0.1) is 0 Å². The van der Waals surface area contributed by atoms with Gasteiger partial charge in [0.05, 0.1) is 17.9 Å². The summed E-state index contributed by atoms with van der Waals surface area (Å²) in [7, 11) is 1.87. The molecule has 1 N–H and O–H groups in total. The summed E-state index contributed by atoms with van der Waals surface area (Å²) in [6, 6.07) is 4.89. The first kappa shape index (κ1) is 14.3. The monoisotopic (exact) mass is 267 g/mol. The molecule has 1 aliphatic rings. The molecule has 0 bridgehead atoms. The molecule has 4 heteroatoms. The van der Waals surface area contributed by atoms with Crippen molar-refractivity contribution in [2.24, 2.45) is 0 Å². The third-order valence-corrected chi connectivity index (χ3v) is 3.62. The molecule has 2 atom stereocenters. The quantitative estimate of drug-likeness (QED) is 0.910. The molecule has 1 heterocycles. The molecule has 0 aliphatic carbocycles. The van der Waals surface area contributed by atoms with Crippen LogP contribution in [0.5, 0.6) is 0 Å². The summed E-state index contributed by atoms with van der Waals surface area (Å²) in [6.07, 6.45) is 2.89. The van der Waals surface area contributed by atoms with Crippen LogP contribution in [-0.4, -0.2) is 31.4 Å². The number of benzene rings is 1. The number of nitrogens with zero attached hydrogens (tertiary/aromatic N) is 1. The molecule has 0 spiro atoms. The SMILES string of the molecule is C[C@H](O)c1ccc(N(C)CC2CCCCO2)c(F)c1. The highest BCUT2D eigenvalue weighted by molar-refractivity contribution is 5.48. The van der Waals surface area contributed by atoms with E-state index in [1.807, 2.05) is 11.9 Å². The summed E-state index contributed by atoms with van der Waals surface area (Å²) in [6.45, 7) is 3.14. The average Bonchev–Trinajstić information content (AvgIpc) is 2.39. The Balaban J connectivity index is 2.03. The molecule has 0 amide bonds. The maximum absolute atomic E-state index is 14.0. The summed E-state index contributed by atoms with van der Waals surface area (Å²) < 4.78 is 19.7. The number of likely N-dealkylation sites (N-methyl/N-ethyl adjacent to an activating group) is 1. The molecule has 19 heavy (non-hydrogen) atoms. The second kappa shape index (κ2) is 6.35. The molecule has 1 fully saturated rings. The highest BCUT2D eigenvalue weighted by Gasteiger charge is 2.18. The third kappa shape index (κ3) is 3.67. The van der Waals surface area contributed by atoms with E-state index >= 15 is 0 Å². The van der Waals surface area contributed by atoms with Gasteiger partial charge in [0.15, 0.2) is 0 Å². The Morgan fingerprint density at radius 3 is 2.84 bits per heavy atom. The van der Waals surface area contributed by atoms with Crippen molar-refractivity contribution < 1.29 is 14.2 Å². The minimum atomic E-state index is -0.643. The topological polar surface area (TPSA) is 32.7 Å². The largest absolute Gasteiger partial charge is 0.389 e. The van der Waals surface area contributed by atoms with Gasteiger partial charge in [-0.1, -0.05) is 6.07 Å². The molecule has 0 radical (unpaired) electrons. The van der Waals surface area contributed by atoms with Gasteiger partial charge in [-0.05, 0) is 43.9 Å². The van der Waals surface area contributed by atoms with Crippen molar-refractivity contribution in [1.82, 2.24) is 0 Å². The van der Waals surface area contributed by atoms with E-state index in [2.05, 4.69) is 0 Å². The number of ether oxygens (including phenoxy) is 1. The second-order valence-corrected chi connectivity index (χ2v) is 5.26. The Morgan fingerprint density at radius 1 is 1.47 bits per heavy atom. The van der Waals surface area contributed by atoms with Crippen LogP contribution in [0.4, 0.5) is 10.1 Å². The lowest BCUT2D eigenvalue weighted by Gasteiger charge is -2.29. The van der Waals surface area contributed by atoms with Crippen molar-refractivity contribution in [2.75, 3.05) is 25.1 Å². The fourth-order valence-corrected chi connectivity index (χ4v) is 2.45. The van der Waals surface area contributed by atoms with Gasteiger partial charge in [-0.3, -0.25) is 0 Å². The van der Waals surface area contributed by atoms with Gasteiger partial charge >= 0.3 is 0 Å². The molecular formula is C15H22FNO2. The van der Waals surface area contributed by atoms with Gasteiger partial charge in [0.2, 0.25) is 0 Å². The lowest BCUT2D eigenvalue weighted by Crippen LogP contribution is -2.33. The van der Waals surface area contributed by atoms with E-state index in [4.69, 9.17) is 4.74 Å². The maximum atomic E-state index is 14.0. The van der Waals surface area contributed by atoms with E-state index in [1.54, 1.807) is 19.1 Å². The van der Waals surface area contributed by atoms with Crippen LogP contribution < -0.4 is 4.90 Å². The first-order chi connectivity index (χ1) is 9.08. The van der Waals surface area contributed by atoms with Crippen molar-refractivity contribution in [2.45, 2.75) is 38.4 Å². The van der Waals surface area contributed by atoms with E-state index in [1.165, 1.54) is 12.5 Å². The fraction of sp³-hybridized carbons (Fsp3) is 0.600. The van der Waals surface area contributed by atoms with Gasteiger partial charge < -0.3 is 14.7 Å². The van der Waals surface area contributed by atoms with Crippen LogP contribution in [0, 0.1) is 5.82 Å². The molecule has 0 saturated carbocycles. The normalized spacial score (nSPS) is 21.2. The number of anilines is 1. The molecule has 3 nitrogen and oxygen atoms in total. The Morgan fingerprint density at radius 2 is 2.26 bits per heavy atom. The van der Waals surface area contributed by atoms with E-state index < -0.39 is 6.10 Å². The van der Waals surface area contributed by atoms with Crippen molar-refractivity contribution in [3.05, 3.63) is 29.6 Å². The summed E-state index contributed by atoms with van der Waals surface area (Å²) in [5, 5.41) is 9.44. The molecule has 0 aromatic heterocycles. The Bertz CT molecular complexity index is 417. The second-order valence-electron chi connectivity index (χ2n) is 5.26. The number of aliphatic hydroxyl groups is 1. The van der Waals surface area contributed by atoms with E-state index in [9.17, 15) is 9.50 Å². The summed E-state index contributed by atoms with van der Waals surface area (Å²) >= 11 is 0. The molecule has 1 aliphatic heterocycles. The Labute approximate surface area is 114 Å². The van der Waals surface area contributed by atoms with Crippen LogP contribution in [0.25, 0.3) is 0 Å². The number of hydrogen-bond acceptors (Lipinski definition) is 3. The summed E-state index contributed by atoms with van der Waals surface area (Å²) in [4.78, 5) is 1.89. The van der Waals surface area contributed by atoms with Crippen molar-refractivity contribution >= 4 is 5.69 Å². The number of hydrogen-bond donors (Lipinski definition) is 1. The molecule has 2 rings (SSSR count). The average molecular weight is 267 g/mol. The van der Waals surface area contributed by atoms with Crippen molar-refractivity contribution in [1.29, 1.82) is 0 Å². The third-order valence-electron chi connectivity index (χ3n) is 3.62. The van der Waals surface area contributed by atoms with Gasteiger partial charge in [0.25, 0.3) is 0 Å². The number of rotatable bonds is 4. The Hall–Kier alpha value is -1.13. The summed E-state index contributed by atoms with van der Waals surface area (Å²) in [5.74, 6) is -0.295. The number of halogens is 1. The van der Waals surface area contributed by atoms with Gasteiger partial charge in [0.1, 0.15) is 5.82 Å². The van der Waals surface area contributed by atoms with Crippen LogP contribution >= 0.6 is 0 Å². The zero-order chi connectivity index (χ0) is 13.8. The molecule has 106 valence electrons. The lowest BCUT2D eigenvalue weighted by atomic mass is 10.1. The molecule has 1 aromatic carbocycles. The highest BCUT2D eigenvalue weighted by Crippen LogP contribution is 2.24. The molecule has 1 unspecified atom stereocenters. The van der Waals surface area contributed by atoms with E-state index in [0.29, 0.717) is 17.8 Å². The smallest absolute Gasteiger partial charge is 0.146 e. The van der Waals surface area contributed by atoms with Crippen molar-refractivity contribution in [3.8, 4) is 0 Å². The van der Waals surface area contributed by atoms with Crippen LogP contribution in [0.3, 0.4) is 0 Å². The number of aliphatic hydroxyl groups excluding tert-OH is 1. The van der Waals surface area contributed by atoms with Crippen LogP contribution in [0.2, 0.25) is 0 Å². The van der Waals surface area contributed by atoms with Gasteiger partial charge in [0, 0.05) is 20.2 Å². The predicted octanol–water partition coefficient (Wildman–Crippen LogP) is 2.88. The van der Waals surface area contributed by atoms with Crippen LogP contribution in [-0.2, 0) is 4.74 Å². The van der Waals surface area contributed by atoms with Crippen LogP contribution in [0.1, 0.15) is 37.9 Å². The molecule has 1 aromatic rings. The highest BCUT2D eigenvalue weighted by atomic mass is 19.1. The fourth-order valence-electron chi connectivity index (χ4n) is 2.45. The predicted molar refractivity (Wildman–Crippen MR) is 73.9 cm³/mol.